The molecule has 0 unspecified atom stereocenters. The predicted octanol–water partition coefficient (Wildman–Crippen LogP) is 3.38. The van der Waals surface area contributed by atoms with Crippen LogP contribution < -0.4 is 14.9 Å². The summed E-state index contributed by atoms with van der Waals surface area (Å²) in [6.07, 6.45) is 0. The molecule has 0 atom stereocenters. The van der Waals surface area contributed by atoms with Gasteiger partial charge in [0.25, 0.3) is 0 Å². The highest BCUT2D eigenvalue weighted by Gasteiger charge is 2.32. The highest BCUT2D eigenvalue weighted by molar-refractivity contribution is 7.97. The molecule has 7 heteroatoms. The number of benzene rings is 2. The van der Waals surface area contributed by atoms with Crippen molar-refractivity contribution in [2.75, 3.05) is 22.9 Å². The molecule has 0 bridgehead atoms. The molecule has 4 nitrogen and oxygen atoms in total. The van der Waals surface area contributed by atoms with Crippen molar-refractivity contribution in [3.63, 3.8) is 0 Å². The lowest BCUT2D eigenvalue weighted by atomic mass is 10.2. The Balaban J connectivity index is 1.85. The van der Waals surface area contributed by atoms with Crippen molar-refractivity contribution >= 4 is 29.4 Å². The molecule has 0 aliphatic carbocycles. The summed E-state index contributed by atoms with van der Waals surface area (Å²) in [5.41, 5.74) is 0.802. The first-order valence-corrected chi connectivity index (χ1v) is 7.49. The maximum atomic E-state index is 13.8. The average molecular weight is 321 g/mol. The lowest BCUT2D eigenvalue weighted by Crippen LogP contribution is -2.32. The monoisotopic (exact) mass is 321 g/mol. The van der Waals surface area contributed by atoms with Gasteiger partial charge in [0, 0.05) is 29.7 Å². The van der Waals surface area contributed by atoms with E-state index in [1.165, 1.54) is 11.0 Å². The Kier molecular flexibility index (Phi) is 4.00. The third-order valence-corrected chi connectivity index (χ3v) is 4.04. The van der Waals surface area contributed by atoms with Crippen molar-refractivity contribution < 1.29 is 13.6 Å². The van der Waals surface area contributed by atoms with E-state index >= 15 is 0 Å². The first-order valence-electron chi connectivity index (χ1n) is 6.61. The third-order valence-electron chi connectivity index (χ3n) is 3.49. The number of carbonyl (C=O) groups is 1. The highest BCUT2D eigenvalue weighted by Crippen LogP contribution is 2.28. The number of nitrogens with zero attached hydrogens (tertiary/aromatic N) is 2. The van der Waals surface area contributed by atoms with Gasteiger partial charge in [-0.1, -0.05) is 0 Å². The van der Waals surface area contributed by atoms with E-state index in [1.807, 2.05) is 12.1 Å². The summed E-state index contributed by atoms with van der Waals surface area (Å²) >= 11 is 1.12. The Labute approximate surface area is 130 Å². The van der Waals surface area contributed by atoms with Gasteiger partial charge in [-0.25, -0.2) is 13.6 Å². The smallest absolute Gasteiger partial charge is 0.292 e. The molecular weight excluding hydrogens is 308 g/mol. The van der Waals surface area contributed by atoms with Gasteiger partial charge >= 0.3 is 6.03 Å². The summed E-state index contributed by atoms with van der Waals surface area (Å²) < 4.78 is 26.8. The van der Waals surface area contributed by atoms with Crippen LogP contribution in [0.5, 0.6) is 0 Å². The number of hydrogen-bond acceptors (Lipinski definition) is 3. The molecule has 1 heterocycles. The maximum Gasteiger partial charge on any atom is 0.329 e. The zero-order valence-corrected chi connectivity index (χ0v) is 12.3. The van der Waals surface area contributed by atoms with Gasteiger partial charge < -0.3 is 0 Å². The molecule has 0 saturated carbocycles. The molecule has 2 aromatic carbocycles. The number of amides is 2. The van der Waals surface area contributed by atoms with Crippen LogP contribution in [-0.4, -0.2) is 19.1 Å². The zero-order valence-electron chi connectivity index (χ0n) is 11.5. The minimum absolute atomic E-state index is 0.0861. The molecule has 1 saturated heterocycles. The molecule has 2 aromatic rings. The van der Waals surface area contributed by atoms with Gasteiger partial charge in [0.1, 0.15) is 11.6 Å². The van der Waals surface area contributed by atoms with Crippen LogP contribution in [0.25, 0.3) is 0 Å². The summed E-state index contributed by atoms with van der Waals surface area (Å²) in [6, 6.07) is 10.1. The fourth-order valence-corrected chi connectivity index (χ4v) is 2.70. The first kappa shape index (κ1) is 14.8. The Hall–Kier alpha value is -2.12. The topological polar surface area (TPSA) is 49.6 Å². The molecule has 22 heavy (non-hydrogen) atoms. The molecule has 1 aliphatic rings. The zero-order chi connectivity index (χ0) is 15.7. The number of halogens is 2. The summed E-state index contributed by atoms with van der Waals surface area (Å²) in [4.78, 5) is 16.2. The van der Waals surface area contributed by atoms with E-state index in [9.17, 15) is 13.6 Å². The number of nitrogens with two attached hydrogens (primary N) is 1. The van der Waals surface area contributed by atoms with Crippen LogP contribution in [0, 0.1) is 11.6 Å². The van der Waals surface area contributed by atoms with Crippen LogP contribution in [0.3, 0.4) is 0 Å². The summed E-state index contributed by atoms with van der Waals surface area (Å²) in [5, 5.41) is 5.46. The third kappa shape index (κ3) is 2.65. The van der Waals surface area contributed by atoms with Crippen LogP contribution in [-0.2, 0) is 0 Å². The van der Waals surface area contributed by atoms with E-state index in [0.717, 1.165) is 29.0 Å². The molecule has 2 amide bonds. The molecule has 0 radical (unpaired) electrons. The van der Waals surface area contributed by atoms with Crippen LogP contribution >= 0.6 is 11.9 Å². The molecular formula is C15H13F2N3OS. The summed E-state index contributed by atoms with van der Waals surface area (Å²) in [7, 11) is 0. The molecule has 2 N–H and O–H groups in total. The maximum absolute atomic E-state index is 13.8. The van der Waals surface area contributed by atoms with Gasteiger partial charge in [0.2, 0.25) is 0 Å². The predicted molar refractivity (Wildman–Crippen MR) is 82.9 cm³/mol. The van der Waals surface area contributed by atoms with Crippen LogP contribution in [0.1, 0.15) is 0 Å². The summed E-state index contributed by atoms with van der Waals surface area (Å²) in [5.74, 6) is -1.41. The van der Waals surface area contributed by atoms with Gasteiger partial charge in [0.05, 0.1) is 5.69 Å². The molecule has 3 rings (SSSR count). The fourth-order valence-electron chi connectivity index (χ4n) is 2.40. The van der Waals surface area contributed by atoms with Gasteiger partial charge in [-0.3, -0.25) is 14.9 Å². The second-order valence-corrected chi connectivity index (χ2v) is 5.50. The van der Waals surface area contributed by atoms with Crippen molar-refractivity contribution in [3.8, 4) is 0 Å². The lowest BCUT2D eigenvalue weighted by molar-refractivity contribution is 0.255. The Morgan fingerprint density at radius 1 is 1.00 bits per heavy atom. The van der Waals surface area contributed by atoms with Gasteiger partial charge in [-0.2, -0.15) is 0 Å². The lowest BCUT2D eigenvalue weighted by Gasteiger charge is -2.19. The Morgan fingerprint density at radius 3 is 2.32 bits per heavy atom. The number of hydrogen-bond donors (Lipinski definition) is 1. The van der Waals surface area contributed by atoms with Gasteiger partial charge in [0.15, 0.2) is 0 Å². The number of rotatable bonds is 3. The fraction of sp³-hybridized carbons (Fsp3) is 0.133. The molecule has 114 valence electrons. The van der Waals surface area contributed by atoms with E-state index in [-0.39, 0.29) is 11.7 Å². The highest BCUT2D eigenvalue weighted by atomic mass is 32.2. The Morgan fingerprint density at radius 2 is 1.68 bits per heavy atom. The second kappa shape index (κ2) is 5.94. The van der Waals surface area contributed by atoms with Gasteiger partial charge in [-0.05, 0) is 48.3 Å². The molecule has 1 aliphatic heterocycles. The minimum Gasteiger partial charge on any atom is -0.292 e. The van der Waals surface area contributed by atoms with Crippen molar-refractivity contribution in [2.24, 2.45) is 5.14 Å². The van der Waals surface area contributed by atoms with E-state index in [1.54, 1.807) is 17.0 Å². The van der Waals surface area contributed by atoms with E-state index < -0.39 is 11.6 Å². The van der Waals surface area contributed by atoms with Crippen molar-refractivity contribution in [1.82, 2.24) is 0 Å². The van der Waals surface area contributed by atoms with Crippen molar-refractivity contribution in [3.05, 3.63) is 54.1 Å². The molecule has 1 fully saturated rings. The molecule has 0 aromatic heterocycles. The van der Waals surface area contributed by atoms with Crippen molar-refractivity contribution in [1.29, 1.82) is 0 Å². The minimum atomic E-state index is -0.745. The van der Waals surface area contributed by atoms with Crippen LogP contribution in [0.15, 0.2) is 47.4 Å². The quantitative estimate of drug-likeness (QED) is 0.882. The Bertz CT molecular complexity index is 708. The average Bonchev–Trinajstić information content (AvgIpc) is 2.89. The normalized spacial score (nSPS) is 14.8. The van der Waals surface area contributed by atoms with E-state index in [2.05, 4.69) is 0 Å². The SMILES string of the molecule is NSc1ccc(N2CCN(c3ccc(F)cc3F)C2=O)cc1. The van der Waals surface area contributed by atoms with Gasteiger partial charge in [-0.15, -0.1) is 0 Å². The van der Waals surface area contributed by atoms with Crippen LogP contribution in [0.2, 0.25) is 0 Å². The van der Waals surface area contributed by atoms with E-state index in [0.29, 0.717) is 18.8 Å². The number of urea groups is 1. The van der Waals surface area contributed by atoms with Crippen LogP contribution in [0.4, 0.5) is 25.0 Å². The number of anilines is 2. The first-order chi connectivity index (χ1) is 10.6. The largest absolute Gasteiger partial charge is 0.329 e. The van der Waals surface area contributed by atoms with E-state index in [4.69, 9.17) is 5.14 Å². The standard InChI is InChI=1S/C15H13F2N3OS/c16-10-1-6-14(13(17)9-10)20-8-7-19(15(20)21)11-2-4-12(22-18)5-3-11/h1-6,9H,7-8,18H2. The van der Waals surface area contributed by atoms with Crippen molar-refractivity contribution in [2.45, 2.75) is 4.90 Å². The summed E-state index contributed by atoms with van der Waals surface area (Å²) in [6.45, 7) is 0.777. The second-order valence-electron chi connectivity index (χ2n) is 4.79. The molecule has 0 spiro atoms. The number of carbonyl (C=O) groups excluding carboxylic acids is 1.